The van der Waals surface area contributed by atoms with Crippen molar-refractivity contribution in [2.75, 3.05) is 11.1 Å². The van der Waals surface area contributed by atoms with Crippen molar-refractivity contribution in [2.24, 2.45) is 5.73 Å². The minimum Gasteiger partial charge on any atom is -0.399 e. The molecule has 0 spiro atoms. The van der Waals surface area contributed by atoms with Crippen LogP contribution in [0, 0.1) is 5.82 Å². The first-order chi connectivity index (χ1) is 12.8. The molecule has 3 rings (SSSR count). The second kappa shape index (κ2) is 7.26. The molecule has 5 N–H and O–H groups in total. The average molecular weight is 371 g/mol. The van der Waals surface area contributed by atoms with Crippen LogP contribution in [0.1, 0.15) is 25.0 Å². The summed E-state index contributed by atoms with van der Waals surface area (Å²) in [7, 11) is 0. The predicted octanol–water partition coefficient (Wildman–Crippen LogP) is 4.35. The van der Waals surface area contributed by atoms with Crippen LogP contribution in [0.4, 0.5) is 26.1 Å². The quantitative estimate of drug-likeness (QED) is 0.602. The Morgan fingerprint density at radius 2 is 2.11 bits per heavy atom. The number of rotatable bonds is 6. The molecule has 3 aromatic rings. The molecule has 0 aliphatic carbocycles. The molecule has 2 heterocycles. The Morgan fingerprint density at radius 3 is 2.74 bits per heavy atom. The molecular formula is C20H23F2N5. The average Bonchev–Trinajstić information content (AvgIpc) is 2.94. The highest BCUT2D eigenvalue weighted by molar-refractivity contribution is 5.88. The highest BCUT2D eigenvalue weighted by atomic mass is 19.1. The molecule has 1 atom stereocenters. The monoisotopic (exact) mass is 371 g/mol. The molecular weight excluding hydrogens is 348 g/mol. The summed E-state index contributed by atoms with van der Waals surface area (Å²) in [5.41, 5.74) is 14.7. The molecule has 1 aromatic carbocycles. The Morgan fingerprint density at radius 1 is 1.37 bits per heavy atom. The van der Waals surface area contributed by atoms with Gasteiger partial charge in [0.2, 0.25) is 0 Å². The lowest BCUT2D eigenvalue weighted by Crippen LogP contribution is -2.07. The van der Waals surface area contributed by atoms with E-state index in [-0.39, 0.29) is 11.5 Å². The van der Waals surface area contributed by atoms with Crippen molar-refractivity contribution < 1.29 is 8.78 Å². The second-order valence-corrected chi connectivity index (χ2v) is 6.57. The van der Waals surface area contributed by atoms with Gasteiger partial charge in [0, 0.05) is 34.0 Å². The molecule has 0 aliphatic heterocycles. The Labute approximate surface area is 156 Å². The third kappa shape index (κ3) is 3.72. The maximum absolute atomic E-state index is 13.7. The molecule has 5 nitrogen and oxygen atoms in total. The zero-order valence-electron chi connectivity index (χ0n) is 15.4. The standard InChI is InChI=1S/C20H23F2N5/c1-4-13-10-27(9-11(2)21)18-6-5-14(7-16(13)18)25-20-15(12(3)23)8-17(22)19(24)26-20/h5-8,10-11H,3-4,9,23H2,1-2H3,(H3,24,25,26). The number of nitrogens with two attached hydrogens (primary N) is 2. The van der Waals surface area contributed by atoms with Crippen molar-refractivity contribution in [2.45, 2.75) is 33.0 Å². The normalized spacial score (nSPS) is 12.3. The van der Waals surface area contributed by atoms with Gasteiger partial charge in [0.15, 0.2) is 11.6 Å². The lowest BCUT2D eigenvalue weighted by Gasteiger charge is -2.13. The van der Waals surface area contributed by atoms with E-state index >= 15 is 0 Å². The topological polar surface area (TPSA) is 81.9 Å². The van der Waals surface area contributed by atoms with E-state index in [9.17, 15) is 8.78 Å². The summed E-state index contributed by atoms with van der Waals surface area (Å²) in [6.45, 7) is 7.55. The number of nitrogens with one attached hydrogen (secondary N) is 1. The molecule has 0 bridgehead atoms. The van der Waals surface area contributed by atoms with E-state index in [1.165, 1.54) is 6.07 Å². The van der Waals surface area contributed by atoms with E-state index in [4.69, 9.17) is 11.5 Å². The van der Waals surface area contributed by atoms with Crippen molar-refractivity contribution in [1.29, 1.82) is 0 Å². The minimum absolute atomic E-state index is 0.183. The van der Waals surface area contributed by atoms with Crippen LogP contribution in [0.15, 0.2) is 37.0 Å². The minimum atomic E-state index is -0.937. The fourth-order valence-corrected chi connectivity index (χ4v) is 3.13. The van der Waals surface area contributed by atoms with Gasteiger partial charge in [-0.05, 0) is 43.2 Å². The molecule has 1 unspecified atom stereocenters. The molecule has 0 saturated carbocycles. The van der Waals surface area contributed by atoms with Gasteiger partial charge in [0.05, 0.1) is 6.54 Å². The first kappa shape index (κ1) is 18.7. The zero-order valence-corrected chi connectivity index (χ0v) is 15.4. The summed E-state index contributed by atoms with van der Waals surface area (Å²) in [4.78, 5) is 4.05. The lowest BCUT2D eigenvalue weighted by atomic mass is 10.1. The van der Waals surface area contributed by atoms with Crippen molar-refractivity contribution in [3.8, 4) is 0 Å². The molecule has 0 amide bonds. The third-order valence-corrected chi connectivity index (χ3v) is 4.40. The van der Waals surface area contributed by atoms with Gasteiger partial charge in [-0.2, -0.15) is 0 Å². The largest absolute Gasteiger partial charge is 0.399 e. The number of hydrogen-bond acceptors (Lipinski definition) is 4. The Kier molecular flexibility index (Phi) is 5.03. The fourth-order valence-electron chi connectivity index (χ4n) is 3.13. The predicted molar refractivity (Wildman–Crippen MR) is 107 cm³/mol. The molecule has 0 radical (unpaired) electrons. The summed E-state index contributed by atoms with van der Waals surface area (Å²) < 4.78 is 29.1. The maximum Gasteiger partial charge on any atom is 0.166 e. The summed E-state index contributed by atoms with van der Waals surface area (Å²) in [6, 6.07) is 6.94. The van der Waals surface area contributed by atoms with Gasteiger partial charge in [0.1, 0.15) is 12.0 Å². The van der Waals surface area contributed by atoms with Crippen LogP contribution in [0.25, 0.3) is 16.6 Å². The number of fused-ring (bicyclic) bond motifs is 1. The number of alkyl halides is 1. The van der Waals surface area contributed by atoms with Gasteiger partial charge in [-0.3, -0.25) is 0 Å². The van der Waals surface area contributed by atoms with Gasteiger partial charge < -0.3 is 21.4 Å². The van der Waals surface area contributed by atoms with Gasteiger partial charge in [-0.15, -0.1) is 0 Å². The molecule has 2 aromatic heterocycles. The number of pyridine rings is 1. The van der Waals surface area contributed by atoms with Crippen LogP contribution in [-0.4, -0.2) is 15.7 Å². The van der Waals surface area contributed by atoms with Crippen molar-refractivity contribution in [1.82, 2.24) is 9.55 Å². The highest BCUT2D eigenvalue weighted by Gasteiger charge is 2.14. The molecule has 27 heavy (non-hydrogen) atoms. The number of halogens is 2. The van der Waals surface area contributed by atoms with Crippen LogP contribution in [0.3, 0.4) is 0 Å². The van der Waals surface area contributed by atoms with Crippen LogP contribution in [-0.2, 0) is 13.0 Å². The smallest absolute Gasteiger partial charge is 0.166 e. The molecule has 0 fully saturated rings. The summed E-state index contributed by atoms with van der Waals surface area (Å²) in [5.74, 6) is -0.542. The Hall–Kier alpha value is -3.09. The van der Waals surface area contributed by atoms with E-state index in [0.29, 0.717) is 17.9 Å². The maximum atomic E-state index is 13.7. The van der Waals surface area contributed by atoms with E-state index in [0.717, 1.165) is 28.6 Å². The fraction of sp³-hybridized carbons (Fsp3) is 0.250. The van der Waals surface area contributed by atoms with Gasteiger partial charge in [-0.1, -0.05) is 13.5 Å². The first-order valence-corrected chi connectivity index (χ1v) is 8.73. The summed E-state index contributed by atoms with van der Waals surface area (Å²) >= 11 is 0. The van der Waals surface area contributed by atoms with Crippen molar-refractivity contribution >= 4 is 33.9 Å². The van der Waals surface area contributed by atoms with Crippen LogP contribution >= 0.6 is 0 Å². The highest BCUT2D eigenvalue weighted by Crippen LogP contribution is 2.30. The number of nitrogens with zero attached hydrogens (tertiary/aromatic N) is 2. The Bertz CT molecular complexity index is 1010. The van der Waals surface area contributed by atoms with E-state index in [1.54, 1.807) is 6.92 Å². The van der Waals surface area contributed by atoms with E-state index in [1.807, 2.05) is 29.0 Å². The number of anilines is 3. The SMILES string of the molecule is C=C(N)c1cc(F)c(N)nc1Nc1ccc2c(c1)c(CC)cn2CC(C)F. The van der Waals surface area contributed by atoms with Gasteiger partial charge in [0.25, 0.3) is 0 Å². The number of aryl methyl sites for hydroxylation is 1. The van der Waals surface area contributed by atoms with Gasteiger partial charge >= 0.3 is 0 Å². The van der Waals surface area contributed by atoms with Crippen molar-refractivity contribution in [3.63, 3.8) is 0 Å². The molecule has 0 aliphatic rings. The van der Waals surface area contributed by atoms with E-state index < -0.39 is 12.0 Å². The number of hydrogen-bond donors (Lipinski definition) is 3. The zero-order chi connectivity index (χ0) is 19.7. The van der Waals surface area contributed by atoms with Crippen LogP contribution in [0.2, 0.25) is 0 Å². The summed E-state index contributed by atoms with van der Waals surface area (Å²) in [6.07, 6.45) is 1.86. The number of nitrogen functional groups attached to an aromatic ring is 1. The number of aromatic nitrogens is 2. The second-order valence-electron chi connectivity index (χ2n) is 6.57. The number of benzene rings is 1. The van der Waals surface area contributed by atoms with E-state index in [2.05, 4.69) is 23.8 Å². The van der Waals surface area contributed by atoms with Crippen LogP contribution in [0.5, 0.6) is 0 Å². The Balaban J connectivity index is 2.04. The third-order valence-electron chi connectivity index (χ3n) is 4.40. The summed E-state index contributed by atoms with van der Waals surface area (Å²) in [5, 5.41) is 4.15. The lowest BCUT2D eigenvalue weighted by molar-refractivity contribution is 0.324. The molecule has 142 valence electrons. The first-order valence-electron chi connectivity index (χ1n) is 8.73. The van der Waals surface area contributed by atoms with Crippen LogP contribution < -0.4 is 16.8 Å². The van der Waals surface area contributed by atoms with Gasteiger partial charge in [-0.25, -0.2) is 13.8 Å². The molecule has 7 heteroatoms. The molecule has 0 saturated heterocycles. The van der Waals surface area contributed by atoms with Crippen molar-refractivity contribution in [3.05, 3.63) is 54.0 Å².